The van der Waals surface area contributed by atoms with Gasteiger partial charge in [-0.1, -0.05) is 24.3 Å². The molecule has 0 amide bonds. The summed E-state index contributed by atoms with van der Waals surface area (Å²) in [5.74, 6) is -1.28. The van der Waals surface area contributed by atoms with Gasteiger partial charge in [-0.15, -0.1) is 0 Å². The van der Waals surface area contributed by atoms with E-state index in [0.29, 0.717) is 5.69 Å². The molecular weight excluding hydrogens is 382 g/mol. The summed E-state index contributed by atoms with van der Waals surface area (Å²) in [5.41, 5.74) is 3.34. The maximum Gasteiger partial charge on any atom is 0.355 e. The van der Waals surface area contributed by atoms with Gasteiger partial charge in [-0.2, -0.15) is 0 Å². The lowest BCUT2D eigenvalue weighted by atomic mass is 10.1. The Morgan fingerprint density at radius 2 is 1.80 bits per heavy atom. The molecule has 0 saturated carbocycles. The van der Waals surface area contributed by atoms with Crippen molar-refractivity contribution in [1.29, 1.82) is 0 Å². The van der Waals surface area contributed by atoms with E-state index in [1.807, 2.05) is 59.3 Å². The number of carbonyl (C=O) groups excluding carboxylic acids is 2. The molecule has 4 rings (SSSR count). The number of aromatic nitrogens is 2. The minimum Gasteiger partial charge on any atom is -0.465 e. The third-order valence-electron chi connectivity index (χ3n) is 4.67. The molecule has 0 fully saturated rings. The van der Waals surface area contributed by atoms with E-state index in [2.05, 4.69) is 4.98 Å². The van der Waals surface area contributed by atoms with E-state index in [1.54, 1.807) is 23.3 Å². The zero-order valence-corrected chi connectivity index (χ0v) is 16.5. The number of rotatable bonds is 4. The van der Waals surface area contributed by atoms with Gasteiger partial charge in [-0.05, 0) is 36.4 Å². The first-order valence-corrected chi connectivity index (χ1v) is 9.21. The third-order valence-corrected chi connectivity index (χ3v) is 4.67. The lowest BCUT2D eigenvalue weighted by Crippen LogP contribution is -2.26. The Labute approximate surface area is 173 Å². The van der Waals surface area contributed by atoms with Gasteiger partial charge in [-0.3, -0.25) is 0 Å². The van der Waals surface area contributed by atoms with Crippen LogP contribution in [-0.2, 0) is 19.1 Å². The number of fused-ring (bicyclic) bond motifs is 1. The molecule has 0 bridgehead atoms. The molecule has 0 aliphatic carbocycles. The maximum absolute atomic E-state index is 12.6. The van der Waals surface area contributed by atoms with Crippen molar-refractivity contribution in [1.82, 2.24) is 9.38 Å². The largest absolute Gasteiger partial charge is 0.465 e. The Balaban J connectivity index is 1.83. The van der Waals surface area contributed by atoms with Gasteiger partial charge in [-0.25, -0.2) is 14.6 Å². The lowest BCUT2D eigenvalue weighted by Gasteiger charge is -2.23. The zero-order valence-electron chi connectivity index (χ0n) is 16.5. The molecule has 3 heterocycles. The third kappa shape index (κ3) is 3.48. The molecule has 150 valence electrons. The topological polar surface area (TPSA) is 73.1 Å². The molecule has 1 aliphatic rings. The highest BCUT2D eigenvalue weighted by atomic mass is 16.5. The summed E-state index contributed by atoms with van der Waals surface area (Å²) in [6.45, 7) is 0. The molecule has 1 aliphatic heterocycles. The number of pyridine rings is 1. The average molecular weight is 401 g/mol. The first-order chi connectivity index (χ1) is 14.6. The van der Waals surface area contributed by atoms with Gasteiger partial charge in [0.2, 0.25) is 0 Å². The highest BCUT2D eigenvalue weighted by Crippen LogP contribution is 2.30. The van der Waals surface area contributed by atoms with Gasteiger partial charge in [0.25, 0.3) is 0 Å². The van der Waals surface area contributed by atoms with E-state index >= 15 is 0 Å². The van der Waals surface area contributed by atoms with E-state index < -0.39 is 11.9 Å². The van der Waals surface area contributed by atoms with Crippen molar-refractivity contribution in [3.05, 3.63) is 90.6 Å². The quantitative estimate of drug-likeness (QED) is 0.623. The van der Waals surface area contributed by atoms with Gasteiger partial charge >= 0.3 is 11.9 Å². The smallest absolute Gasteiger partial charge is 0.355 e. The SMILES string of the molecule is COC(=O)C1=C(C(=O)OC)N(c2cccc(-c3cn4ccccc4n3)c2)C=CC=C1. The molecule has 0 atom stereocenters. The van der Waals surface area contributed by atoms with Crippen molar-refractivity contribution in [2.24, 2.45) is 0 Å². The van der Waals surface area contributed by atoms with Crippen LogP contribution in [0.4, 0.5) is 5.69 Å². The maximum atomic E-state index is 12.6. The first kappa shape index (κ1) is 19.2. The summed E-state index contributed by atoms with van der Waals surface area (Å²) in [5, 5.41) is 0. The summed E-state index contributed by atoms with van der Waals surface area (Å²) < 4.78 is 11.7. The Hall–Kier alpha value is -4.13. The fraction of sp³-hybridized carbons (Fsp3) is 0.0870. The summed E-state index contributed by atoms with van der Waals surface area (Å²) in [7, 11) is 2.54. The van der Waals surface area contributed by atoms with Gasteiger partial charge in [0.15, 0.2) is 0 Å². The van der Waals surface area contributed by atoms with Crippen LogP contribution >= 0.6 is 0 Å². The number of hydrogen-bond donors (Lipinski definition) is 0. The summed E-state index contributed by atoms with van der Waals surface area (Å²) in [6.07, 6.45) is 10.5. The van der Waals surface area contributed by atoms with Gasteiger partial charge in [0.1, 0.15) is 11.3 Å². The fourth-order valence-corrected chi connectivity index (χ4v) is 3.25. The molecule has 0 N–H and O–H groups in total. The van der Waals surface area contributed by atoms with E-state index in [0.717, 1.165) is 16.9 Å². The zero-order chi connectivity index (χ0) is 21.1. The van der Waals surface area contributed by atoms with Gasteiger partial charge < -0.3 is 18.8 Å². The highest BCUT2D eigenvalue weighted by Gasteiger charge is 2.27. The molecular formula is C23H19N3O4. The number of methoxy groups -OCH3 is 2. The van der Waals surface area contributed by atoms with Crippen LogP contribution < -0.4 is 4.90 Å². The summed E-state index contributed by atoms with van der Waals surface area (Å²) >= 11 is 0. The van der Waals surface area contributed by atoms with Gasteiger partial charge in [0, 0.05) is 29.8 Å². The number of imidazole rings is 1. The first-order valence-electron chi connectivity index (χ1n) is 9.21. The van der Waals surface area contributed by atoms with Crippen molar-refractivity contribution in [3.63, 3.8) is 0 Å². The second kappa shape index (κ2) is 8.08. The highest BCUT2D eigenvalue weighted by molar-refractivity contribution is 6.05. The molecule has 7 heteroatoms. The standard InChI is InChI=1S/C23H19N3O4/c1-29-22(27)18-10-3-6-13-26(21(18)23(28)30-2)17-9-7-8-16(14-17)19-15-25-12-5-4-11-20(25)24-19/h3-15H,1-2H3. The Kier molecular flexibility index (Phi) is 5.17. The minimum atomic E-state index is -0.648. The molecule has 7 nitrogen and oxygen atoms in total. The Bertz CT molecular complexity index is 1190. The molecule has 0 unspecified atom stereocenters. The van der Waals surface area contributed by atoms with E-state index in [1.165, 1.54) is 20.3 Å². The average Bonchev–Trinajstić information content (AvgIpc) is 3.10. The van der Waals surface area contributed by atoms with E-state index in [9.17, 15) is 9.59 Å². The molecule has 0 radical (unpaired) electrons. The Morgan fingerprint density at radius 1 is 0.967 bits per heavy atom. The predicted octanol–water partition coefficient (Wildman–Crippen LogP) is 3.49. The molecule has 1 aromatic carbocycles. The van der Waals surface area contributed by atoms with Crippen LogP contribution in [0, 0.1) is 0 Å². The van der Waals surface area contributed by atoms with Crippen molar-refractivity contribution in [3.8, 4) is 11.3 Å². The van der Waals surface area contributed by atoms with Crippen LogP contribution in [0.25, 0.3) is 16.9 Å². The predicted molar refractivity (Wildman–Crippen MR) is 112 cm³/mol. The van der Waals surface area contributed by atoms with Crippen LogP contribution in [0.1, 0.15) is 0 Å². The van der Waals surface area contributed by atoms with Crippen molar-refractivity contribution in [2.45, 2.75) is 0 Å². The van der Waals surface area contributed by atoms with E-state index in [4.69, 9.17) is 9.47 Å². The number of carbonyl (C=O) groups is 2. The number of benzene rings is 1. The molecule has 0 saturated heterocycles. The van der Waals surface area contributed by atoms with Crippen LogP contribution in [0.15, 0.2) is 90.6 Å². The second-order valence-electron chi connectivity index (χ2n) is 6.46. The normalized spacial score (nSPS) is 13.5. The van der Waals surface area contributed by atoms with Crippen LogP contribution in [0.3, 0.4) is 0 Å². The monoisotopic (exact) mass is 401 g/mol. The number of nitrogens with zero attached hydrogens (tertiary/aromatic N) is 3. The number of esters is 2. The van der Waals surface area contributed by atoms with Crippen molar-refractivity contribution in [2.75, 3.05) is 19.1 Å². The van der Waals surface area contributed by atoms with Crippen LogP contribution in [-0.4, -0.2) is 35.5 Å². The fourth-order valence-electron chi connectivity index (χ4n) is 3.25. The molecule has 3 aromatic rings. The van der Waals surface area contributed by atoms with E-state index in [-0.39, 0.29) is 11.3 Å². The molecule has 30 heavy (non-hydrogen) atoms. The summed E-state index contributed by atoms with van der Waals surface area (Å²) in [4.78, 5) is 31.2. The van der Waals surface area contributed by atoms with Crippen LogP contribution in [0.2, 0.25) is 0 Å². The second-order valence-corrected chi connectivity index (χ2v) is 6.46. The molecule has 0 spiro atoms. The van der Waals surface area contributed by atoms with Gasteiger partial charge in [0.05, 0.1) is 25.5 Å². The number of allylic oxidation sites excluding steroid dienone is 2. The number of anilines is 1. The lowest BCUT2D eigenvalue weighted by molar-refractivity contribution is -0.139. The van der Waals surface area contributed by atoms with Crippen molar-refractivity contribution >= 4 is 23.3 Å². The Morgan fingerprint density at radius 3 is 2.57 bits per heavy atom. The van der Waals surface area contributed by atoms with Crippen molar-refractivity contribution < 1.29 is 19.1 Å². The summed E-state index contributed by atoms with van der Waals surface area (Å²) in [6, 6.07) is 13.3. The number of hydrogen-bond acceptors (Lipinski definition) is 6. The minimum absolute atomic E-state index is 0.0708. The van der Waals surface area contributed by atoms with Crippen LogP contribution in [0.5, 0.6) is 0 Å². The molecule has 2 aromatic heterocycles. The number of ether oxygens (including phenoxy) is 2.